The Morgan fingerprint density at radius 1 is 1.33 bits per heavy atom. The van der Waals surface area contributed by atoms with E-state index in [1.165, 1.54) is 6.20 Å². The van der Waals surface area contributed by atoms with Crippen LogP contribution in [-0.2, 0) is 6.54 Å². The van der Waals surface area contributed by atoms with E-state index in [2.05, 4.69) is 20.9 Å². The van der Waals surface area contributed by atoms with Crippen molar-refractivity contribution in [3.63, 3.8) is 0 Å². The van der Waals surface area contributed by atoms with E-state index < -0.39 is 0 Å². The Kier molecular flexibility index (Phi) is 4.10. The van der Waals surface area contributed by atoms with Gasteiger partial charge in [-0.2, -0.15) is 0 Å². The minimum atomic E-state index is -0.0554. The van der Waals surface area contributed by atoms with Gasteiger partial charge >= 0.3 is 0 Å². The molecule has 2 rings (SSSR count). The van der Waals surface area contributed by atoms with E-state index in [0.717, 1.165) is 5.56 Å². The molecule has 2 aromatic rings. The van der Waals surface area contributed by atoms with Crippen LogP contribution in [0, 0.1) is 6.92 Å². The van der Waals surface area contributed by atoms with Gasteiger partial charge in [-0.15, -0.1) is 0 Å². The lowest BCUT2D eigenvalue weighted by atomic mass is 10.2. The van der Waals surface area contributed by atoms with Crippen LogP contribution >= 0.6 is 15.9 Å². The minimum Gasteiger partial charge on any atom is -0.292 e. The number of nitrogens with zero attached hydrogens (tertiary/aromatic N) is 2. The van der Waals surface area contributed by atoms with E-state index >= 15 is 0 Å². The fourth-order valence-corrected chi connectivity index (χ4v) is 1.94. The molecule has 92 valence electrons. The van der Waals surface area contributed by atoms with E-state index in [1.807, 2.05) is 49.4 Å². The van der Waals surface area contributed by atoms with Gasteiger partial charge in [0.25, 0.3) is 5.56 Å². The van der Waals surface area contributed by atoms with Crippen LogP contribution in [0.15, 0.2) is 51.9 Å². The zero-order valence-electron chi connectivity index (χ0n) is 10.0. The molecule has 1 aromatic heterocycles. The number of benzene rings is 1. The summed E-state index contributed by atoms with van der Waals surface area (Å²) in [5.74, 6) is 0.709. The summed E-state index contributed by atoms with van der Waals surface area (Å²) in [6.45, 7) is 2.34. The molecule has 0 saturated carbocycles. The van der Waals surface area contributed by atoms with Crippen molar-refractivity contribution in [3.8, 4) is 0 Å². The van der Waals surface area contributed by atoms with Crippen molar-refractivity contribution in [2.75, 3.05) is 0 Å². The van der Waals surface area contributed by atoms with Gasteiger partial charge in [0, 0.05) is 12.7 Å². The molecule has 0 saturated heterocycles. The molecular formula is C14H13BrN2O. The minimum absolute atomic E-state index is 0.0554. The quantitative estimate of drug-likeness (QED) is 0.873. The summed E-state index contributed by atoms with van der Waals surface area (Å²) in [6.07, 6.45) is 5.49. The second-order valence-corrected chi connectivity index (χ2v) is 4.74. The monoisotopic (exact) mass is 304 g/mol. The van der Waals surface area contributed by atoms with Crippen LogP contribution in [0.2, 0.25) is 0 Å². The summed E-state index contributed by atoms with van der Waals surface area (Å²) in [7, 11) is 0. The van der Waals surface area contributed by atoms with Crippen LogP contribution in [0.5, 0.6) is 0 Å². The van der Waals surface area contributed by atoms with Crippen LogP contribution in [0.1, 0.15) is 11.4 Å². The van der Waals surface area contributed by atoms with Gasteiger partial charge in [0.15, 0.2) is 0 Å². The van der Waals surface area contributed by atoms with Gasteiger partial charge < -0.3 is 0 Å². The number of rotatable bonds is 3. The molecule has 0 spiro atoms. The van der Waals surface area contributed by atoms with Crippen LogP contribution in [0.3, 0.4) is 0 Å². The molecule has 4 heteroatoms. The lowest BCUT2D eigenvalue weighted by Crippen LogP contribution is -2.23. The first kappa shape index (κ1) is 12.8. The highest BCUT2D eigenvalue weighted by Gasteiger charge is 2.02. The van der Waals surface area contributed by atoms with Crippen molar-refractivity contribution in [3.05, 3.63) is 68.8 Å². The summed E-state index contributed by atoms with van der Waals surface area (Å²) < 4.78 is 2.12. The maximum Gasteiger partial charge on any atom is 0.268 e. The van der Waals surface area contributed by atoms with Gasteiger partial charge in [-0.3, -0.25) is 9.36 Å². The summed E-state index contributed by atoms with van der Waals surface area (Å²) in [4.78, 5) is 16.0. The lowest BCUT2D eigenvalue weighted by molar-refractivity contribution is 0.711. The van der Waals surface area contributed by atoms with E-state index in [9.17, 15) is 4.79 Å². The average Bonchev–Trinajstić information content (AvgIpc) is 2.39. The molecule has 0 aliphatic carbocycles. The SMILES string of the molecule is Cc1ncc(Br)c(=O)n1CC=Cc1ccccc1. The standard InChI is InChI=1S/C14H13BrN2O/c1-11-16-10-13(15)14(18)17(11)9-5-8-12-6-3-2-4-7-12/h2-8,10H,9H2,1H3. The summed E-state index contributed by atoms with van der Waals surface area (Å²) in [6, 6.07) is 9.98. The lowest BCUT2D eigenvalue weighted by Gasteiger charge is -2.05. The molecule has 3 nitrogen and oxygen atoms in total. The fraction of sp³-hybridized carbons (Fsp3) is 0.143. The first-order chi connectivity index (χ1) is 8.68. The van der Waals surface area contributed by atoms with E-state index in [0.29, 0.717) is 16.8 Å². The molecule has 0 bridgehead atoms. The van der Waals surface area contributed by atoms with Crippen molar-refractivity contribution < 1.29 is 0 Å². The van der Waals surface area contributed by atoms with Gasteiger partial charge in [-0.05, 0) is 28.4 Å². The maximum absolute atomic E-state index is 11.9. The first-order valence-corrected chi connectivity index (χ1v) is 6.41. The molecule has 0 atom stereocenters. The molecule has 0 unspecified atom stereocenters. The van der Waals surface area contributed by atoms with Crippen molar-refractivity contribution >= 4 is 22.0 Å². The highest BCUT2D eigenvalue weighted by molar-refractivity contribution is 9.10. The fourth-order valence-electron chi connectivity index (χ4n) is 1.62. The largest absolute Gasteiger partial charge is 0.292 e. The number of halogens is 1. The second-order valence-electron chi connectivity index (χ2n) is 3.88. The van der Waals surface area contributed by atoms with Crippen molar-refractivity contribution in [1.29, 1.82) is 0 Å². The van der Waals surface area contributed by atoms with Gasteiger partial charge in [0.05, 0.1) is 0 Å². The highest BCUT2D eigenvalue weighted by Crippen LogP contribution is 2.04. The van der Waals surface area contributed by atoms with Crippen LogP contribution in [-0.4, -0.2) is 9.55 Å². The topological polar surface area (TPSA) is 34.9 Å². The molecular weight excluding hydrogens is 292 g/mol. The first-order valence-electron chi connectivity index (χ1n) is 5.62. The number of aromatic nitrogens is 2. The van der Waals surface area contributed by atoms with Crippen LogP contribution in [0.4, 0.5) is 0 Å². The molecule has 0 aliphatic heterocycles. The normalized spacial score (nSPS) is 11.0. The molecule has 1 aromatic carbocycles. The number of hydrogen-bond acceptors (Lipinski definition) is 2. The zero-order chi connectivity index (χ0) is 13.0. The number of hydrogen-bond donors (Lipinski definition) is 0. The average molecular weight is 305 g/mol. The zero-order valence-corrected chi connectivity index (χ0v) is 11.6. The van der Waals surface area contributed by atoms with Gasteiger partial charge in [0.2, 0.25) is 0 Å². The number of aryl methyl sites for hydroxylation is 1. The number of allylic oxidation sites excluding steroid dienone is 1. The predicted octanol–water partition coefficient (Wildman–Crippen LogP) is 3.03. The van der Waals surface area contributed by atoms with Crippen molar-refractivity contribution in [2.24, 2.45) is 0 Å². The third kappa shape index (κ3) is 2.96. The van der Waals surface area contributed by atoms with Crippen LogP contribution in [0.25, 0.3) is 6.08 Å². The smallest absolute Gasteiger partial charge is 0.268 e. The molecule has 0 aliphatic rings. The Hall–Kier alpha value is -1.68. The summed E-state index contributed by atoms with van der Waals surface area (Å²) in [5, 5.41) is 0. The highest BCUT2D eigenvalue weighted by atomic mass is 79.9. The Morgan fingerprint density at radius 3 is 2.78 bits per heavy atom. The predicted molar refractivity (Wildman–Crippen MR) is 76.4 cm³/mol. The van der Waals surface area contributed by atoms with E-state index in [-0.39, 0.29) is 5.56 Å². The Balaban J connectivity index is 2.19. The molecule has 0 N–H and O–H groups in total. The van der Waals surface area contributed by atoms with Crippen LogP contribution < -0.4 is 5.56 Å². The molecule has 0 amide bonds. The van der Waals surface area contributed by atoms with Gasteiger partial charge in [-0.1, -0.05) is 42.5 Å². The Labute approximate surface area is 114 Å². The van der Waals surface area contributed by atoms with Crippen molar-refractivity contribution in [1.82, 2.24) is 9.55 Å². The summed E-state index contributed by atoms with van der Waals surface area (Å²) in [5.41, 5.74) is 1.06. The Bertz CT molecular complexity index is 617. The van der Waals surface area contributed by atoms with Gasteiger partial charge in [-0.25, -0.2) is 4.98 Å². The van der Waals surface area contributed by atoms with Crippen molar-refractivity contribution in [2.45, 2.75) is 13.5 Å². The van der Waals surface area contributed by atoms with E-state index in [4.69, 9.17) is 0 Å². The molecule has 0 radical (unpaired) electrons. The second kappa shape index (κ2) is 5.78. The molecule has 18 heavy (non-hydrogen) atoms. The molecule has 1 heterocycles. The third-order valence-corrected chi connectivity index (χ3v) is 3.15. The van der Waals surface area contributed by atoms with E-state index in [1.54, 1.807) is 4.57 Å². The third-order valence-electron chi connectivity index (χ3n) is 2.60. The van der Waals surface area contributed by atoms with Gasteiger partial charge in [0.1, 0.15) is 10.3 Å². The maximum atomic E-state index is 11.9. The Morgan fingerprint density at radius 2 is 2.06 bits per heavy atom. The summed E-state index contributed by atoms with van der Waals surface area (Å²) >= 11 is 3.20. The molecule has 0 fully saturated rings.